The molecule has 1 aliphatic heterocycles. The summed E-state index contributed by atoms with van der Waals surface area (Å²) in [6.07, 6.45) is 4.52. The molecule has 7 nitrogen and oxygen atoms in total. The van der Waals surface area contributed by atoms with Crippen LogP contribution in [0.4, 0.5) is 0 Å². The Balaban J connectivity index is 1.69. The van der Waals surface area contributed by atoms with E-state index in [9.17, 15) is 19.2 Å². The highest BCUT2D eigenvalue weighted by molar-refractivity contribution is 6.42. The van der Waals surface area contributed by atoms with Gasteiger partial charge in [-0.3, -0.25) is 19.2 Å². The molecule has 1 heterocycles. The molecule has 2 aromatic rings. The average molecular weight is 487 g/mol. The summed E-state index contributed by atoms with van der Waals surface area (Å²) in [4.78, 5) is 52.8. The minimum atomic E-state index is -0.705. The maximum Gasteiger partial charge on any atom is 0.273 e. The number of allylic oxidation sites excluding steroid dienone is 2. The van der Waals surface area contributed by atoms with Crippen LogP contribution in [0.25, 0.3) is 0 Å². The SMILES string of the molecule is COc1ccc(C(=O)CN(C(=O)c2ccc(Cl)c(Cl)c2)N2C(=O)[C@@H]3CC=CC[C@H]3C2=O)cc1. The molecule has 0 unspecified atom stereocenters. The molecule has 1 fully saturated rings. The van der Waals surface area contributed by atoms with Crippen LogP contribution in [0, 0.1) is 11.8 Å². The zero-order valence-corrected chi connectivity index (χ0v) is 19.2. The van der Waals surface area contributed by atoms with Gasteiger partial charge < -0.3 is 4.74 Å². The Morgan fingerprint density at radius 2 is 1.52 bits per heavy atom. The van der Waals surface area contributed by atoms with E-state index < -0.39 is 41.9 Å². The highest BCUT2D eigenvalue weighted by Crippen LogP contribution is 2.36. The Morgan fingerprint density at radius 1 is 0.939 bits per heavy atom. The number of carbonyl (C=O) groups is 4. The molecule has 0 aromatic heterocycles. The Labute approximate surface area is 200 Å². The lowest BCUT2D eigenvalue weighted by molar-refractivity contribution is -0.154. The number of hydrogen-bond donors (Lipinski definition) is 0. The molecule has 4 rings (SSSR count). The maximum atomic E-state index is 13.4. The van der Waals surface area contributed by atoms with Crippen LogP contribution < -0.4 is 4.74 Å². The first-order chi connectivity index (χ1) is 15.8. The second-order valence-electron chi connectivity index (χ2n) is 7.79. The Kier molecular flexibility index (Phi) is 6.54. The van der Waals surface area contributed by atoms with E-state index in [1.807, 2.05) is 12.2 Å². The molecule has 1 saturated heterocycles. The minimum Gasteiger partial charge on any atom is -0.497 e. The number of ketones is 1. The van der Waals surface area contributed by atoms with Gasteiger partial charge in [0.2, 0.25) is 0 Å². The van der Waals surface area contributed by atoms with Crippen molar-refractivity contribution in [2.24, 2.45) is 11.8 Å². The predicted molar refractivity (Wildman–Crippen MR) is 122 cm³/mol. The number of hydrazine groups is 1. The Morgan fingerprint density at radius 3 is 2.06 bits per heavy atom. The molecule has 3 amide bonds. The number of carbonyl (C=O) groups excluding carboxylic acids is 4. The van der Waals surface area contributed by atoms with Crippen molar-refractivity contribution in [2.75, 3.05) is 13.7 Å². The van der Waals surface area contributed by atoms with Crippen molar-refractivity contribution in [2.45, 2.75) is 12.8 Å². The van der Waals surface area contributed by atoms with Crippen LogP contribution >= 0.6 is 23.2 Å². The molecular formula is C24H20Cl2N2O5. The summed E-state index contributed by atoms with van der Waals surface area (Å²) in [5.41, 5.74) is 0.404. The minimum absolute atomic E-state index is 0.0977. The van der Waals surface area contributed by atoms with Gasteiger partial charge in [-0.05, 0) is 55.3 Å². The Hall–Kier alpha value is -3.16. The van der Waals surface area contributed by atoms with Gasteiger partial charge >= 0.3 is 0 Å². The van der Waals surface area contributed by atoms with Crippen LogP contribution in [0.3, 0.4) is 0 Å². The van der Waals surface area contributed by atoms with E-state index in [2.05, 4.69) is 0 Å². The third-order valence-electron chi connectivity index (χ3n) is 5.83. The van der Waals surface area contributed by atoms with Crippen molar-refractivity contribution in [1.82, 2.24) is 10.0 Å². The number of amides is 3. The number of rotatable bonds is 6. The number of fused-ring (bicyclic) bond motifs is 1. The van der Waals surface area contributed by atoms with Gasteiger partial charge in [-0.1, -0.05) is 35.4 Å². The van der Waals surface area contributed by atoms with E-state index >= 15 is 0 Å². The lowest BCUT2D eigenvalue weighted by atomic mass is 9.85. The van der Waals surface area contributed by atoms with Gasteiger partial charge in [-0.15, -0.1) is 0 Å². The van der Waals surface area contributed by atoms with Gasteiger partial charge in [-0.25, -0.2) is 5.01 Å². The van der Waals surface area contributed by atoms with Crippen molar-refractivity contribution in [3.63, 3.8) is 0 Å². The summed E-state index contributed by atoms with van der Waals surface area (Å²) >= 11 is 12.0. The third kappa shape index (κ3) is 4.38. The van der Waals surface area contributed by atoms with Crippen molar-refractivity contribution in [3.05, 3.63) is 75.8 Å². The number of halogens is 2. The largest absolute Gasteiger partial charge is 0.497 e. The van der Waals surface area contributed by atoms with E-state index in [-0.39, 0.29) is 15.6 Å². The molecule has 33 heavy (non-hydrogen) atoms. The number of nitrogens with zero attached hydrogens (tertiary/aromatic N) is 2. The molecule has 9 heteroatoms. The van der Waals surface area contributed by atoms with Crippen LogP contribution in [-0.4, -0.2) is 47.2 Å². The topological polar surface area (TPSA) is 84.0 Å². The second kappa shape index (κ2) is 9.37. The molecule has 0 bridgehead atoms. The number of hydrogen-bond acceptors (Lipinski definition) is 5. The standard InChI is InChI=1S/C24H20Cl2N2O5/c1-33-16-9-6-14(7-10-16)21(29)13-27(22(30)15-8-11-19(25)20(26)12-15)28-23(31)17-4-2-3-5-18(17)24(28)32/h2-3,6-12,17-18H,4-5,13H2,1H3/t17-,18-/m1/s1. The third-order valence-corrected chi connectivity index (χ3v) is 6.57. The van der Waals surface area contributed by atoms with Gasteiger partial charge in [0, 0.05) is 11.1 Å². The fraction of sp³-hybridized carbons (Fsp3) is 0.250. The van der Waals surface area contributed by atoms with E-state index in [0.717, 1.165) is 10.0 Å². The predicted octanol–water partition coefficient (Wildman–Crippen LogP) is 4.19. The highest BCUT2D eigenvalue weighted by Gasteiger charge is 2.51. The van der Waals surface area contributed by atoms with Crippen LogP contribution in [0.1, 0.15) is 33.6 Å². The van der Waals surface area contributed by atoms with E-state index in [1.54, 1.807) is 24.3 Å². The number of Topliss-reactive ketones (excluding diaryl/α,β-unsaturated/α-hetero) is 1. The van der Waals surface area contributed by atoms with Crippen LogP contribution in [0.5, 0.6) is 5.75 Å². The summed E-state index contributed by atoms with van der Waals surface area (Å²) in [5.74, 6) is -2.68. The fourth-order valence-electron chi connectivity index (χ4n) is 4.04. The normalized spacial score (nSPS) is 19.4. The zero-order chi connectivity index (χ0) is 23.7. The molecule has 0 spiro atoms. The molecule has 1 aliphatic carbocycles. The number of imide groups is 1. The molecule has 0 radical (unpaired) electrons. The zero-order valence-electron chi connectivity index (χ0n) is 17.7. The van der Waals surface area contributed by atoms with Crippen molar-refractivity contribution >= 4 is 46.7 Å². The molecule has 0 N–H and O–H groups in total. The summed E-state index contributed by atoms with van der Waals surface area (Å²) in [6.45, 7) is -0.504. The van der Waals surface area contributed by atoms with Gasteiger partial charge in [0.15, 0.2) is 5.78 Å². The van der Waals surface area contributed by atoms with Gasteiger partial charge in [0.25, 0.3) is 17.7 Å². The van der Waals surface area contributed by atoms with Crippen LogP contribution in [0.2, 0.25) is 10.0 Å². The highest BCUT2D eigenvalue weighted by atomic mass is 35.5. The van der Waals surface area contributed by atoms with E-state index in [4.69, 9.17) is 27.9 Å². The van der Waals surface area contributed by atoms with E-state index in [1.165, 1.54) is 25.3 Å². The smallest absolute Gasteiger partial charge is 0.273 e. The molecular weight excluding hydrogens is 467 g/mol. The Bertz CT molecular complexity index is 1140. The quantitative estimate of drug-likeness (QED) is 0.347. The van der Waals surface area contributed by atoms with E-state index in [0.29, 0.717) is 24.2 Å². The van der Waals surface area contributed by atoms with Crippen LogP contribution in [-0.2, 0) is 9.59 Å². The first-order valence-corrected chi connectivity index (χ1v) is 11.0. The summed E-state index contributed by atoms with van der Waals surface area (Å²) in [6, 6.07) is 10.6. The monoisotopic (exact) mass is 486 g/mol. The second-order valence-corrected chi connectivity index (χ2v) is 8.60. The maximum absolute atomic E-state index is 13.4. The number of methoxy groups -OCH3 is 1. The molecule has 2 aromatic carbocycles. The molecule has 2 atom stereocenters. The summed E-state index contributed by atoms with van der Waals surface area (Å²) in [7, 11) is 1.51. The first-order valence-electron chi connectivity index (χ1n) is 10.3. The molecule has 2 aliphatic rings. The average Bonchev–Trinajstić information content (AvgIpc) is 3.09. The van der Waals surface area contributed by atoms with Crippen molar-refractivity contribution in [3.8, 4) is 5.75 Å². The summed E-state index contributed by atoms with van der Waals surface area (Å²) < 4.78 is 5.11. The molecule has 0 saturated carbocycles. The summed E-state index contributed by atoms with van der Waals surface area (Å²) in [5, 5.41) is 2.13. The molecule has 170 valence electrons. The number of ether oxygens (including phenoxy) is 1. The van der Waals surface area contributed by atoms with Crippen molar-refractivity contribution in [1.29, 1.82) is 0 Å². The fourth-order valence-corrected chi connectivity index (χ4v) is 4.33. The lowest BCUT2D eigenvalue weighted by Gasteiger charge is -2.30. The van der Waals surface area contributed by atoms with Gasteiger partial charge in [0.05, 0.1) is 29.0 Å². The first kappa shape index (κ1) is 23.0. The van der Waals surface area contributed by atoms with Gasteiger partial charge in [0.1, 0.15) is 12.3 Å². The van der Waals surface area contributed by atoms with Gasteiger partial charge in [-0.2, -0.15) is 5.01 Å². The van der Waals surface area contributed by atoms with Crippen molar-refractivity contribution < 1.29 is 23.9 Å². The number of benzene rings is 2. The van der Waals surface area contributed by atoms with Crippen LogP contribution in [0.15, 0.2) is 54.6 Å². The lowest BCUT2D eigenvalue weighted by Crippen LogP contribution is -2.52.